The second-order valence-electron chi connectivity index (χ2n) is 4.78. The third-order valence-corrected chi connectivity index (χ3v) is 3.32. The van der Waals surface area contributed by atoms with E-state index in [4.69, 9.17) is 5.73 Å². The fourth-order valence-electron chi connectivity index (χ4n) is 2.24. The summed E-state index contributed by atoms with van der Waals surface area (Å²) >= 11 is 0. The van der Waals surface area contributed by atoms with Gasteiger partial charge in [-0.2, -0.15) is 0 Å². The van der Waals surface area contributed by atoms with Crippen LogP contribution in [0.25, 0.3) is 0 Å². The molecule has 5 nitrogen and oxygen atoms in total. The highest BCUT2D eigenvalue weighted by Crippen LogP contribution is 2.19. The summed E-state index contributed by atoms with van der Waals surface area (Å²) in [6, 6.07) is 2.04. The Hall–Kier alpha value is -1.62. The first kappa shape index (κ1) is 12.8. The molecule has 1 aromatic heterocycles. The minimum absolute atomic E-state index is 0.150. The van der Waals surface area contributed by atoms with Gasteiger partial charge in [0, 0.05) is 32.9 Å². The maximum Gasteiger partial charge on any atom is 0.241 e. The lowest BCUT2D eigenvalue weighted by Gasteiger charge is -2.22. The van der Waals surface area contributed by atoms with Crippen molar-refractivity contribution in [2.75, 3.05) is 31.6 Å². The van der Waals surface area contributed by atoms with Gasteiger partial charge in [-0.15, -0.1) is 0 Å². The molecule has 2 N–H and O–H groups in total. The van der Waals surface area contributed by atoms with Gasteiger partial charge in [0.05, 0.1) is 6.54 Å². The van der Waals surface area contributed by atoms with Crippen LogP contribution < -0.4 is 10.6 Å². The van der Waals surface area contributed by atoms with Gasteiger partial charge in [-0.3, -0.25) is 4.79 Å². The number of amides is 1. The van der Waals surface area contributed by atoms with E-state index in [1.165, 1.54) is 0 Å². The number of anilines is 1. The van der Waals surface area contributed by atoms with Crippen molar-refractivity contribution in [3.05, 3.63) is 23.4 Å². The van der Waals surface area contributed by atoms with Crippen LogP contribution in [0.15, 0.2) is 12.3 Å². The largest absolute Gasteiger partial charge is 0.347 e. The predicted molar refractivity (Wildman–Crippen MR) is 71.3 cm³/mol. The molecule has 18 heavy (non-hydrogen) atoms. The van der Waals surface area contributed by atoms with Crippen molar-refractivity contribution < 1.29 is 4.79 Å². The zero-order chi connectivity index (χ0) is 13.1. The molecule has 1 aliphatic heterocycles. The Morgan fingerprint density at radius 3 is 2.89 bits per heavy atom. The molecule has 0 atom stereocenters. The van der Waals surface area contributed by atoms with Crippen LogP contribution in [-0.4, -0.2) is 42.5 Å². The van der Waals surface area contributed by atoms with E-state index < -0.39 is 0 Å². The highest BCUT2D eigenvalue weighted by atomic mass is 16.2. The number of aryl methyl sites for hydroxylation is 1. The molecule has 0 aromatic carbocycles. The summed E-state index contributed by atoms with van der Waals surface area (Å²) in [5.74, 6) is 1.05. The summed E-state index contributed by atoms with van der Waals surface area (Å²) < 4.78 is 0. The van der Waals surface area contributed by atoms with Gasteiger partial charge in [-0.05, 0) is 30.5 Å². The number of nitrogens with two attached hydrogens (primary N) is 1. The quantitative estimate of drug-likeness (QED) is 0.828. The van der Waals surface area contributed by atoms with Crippen LogP contribution in [0.2, 0.25) is 0 Å². The average molecular weight is 248 g/mol. The maximum absolute atomic E-state index is 11.9. The van der Waals surface area contributed by atoms with Crippen molar-refractivity contribution in [3.8, 4) is 0 Å². The SMILES string of the molecule is Cc1cc(CN)cnc1N1CCCN(C)C(=O)C1. The summed E-state index contributed by atoms with van der Waals surface area (Å²) in [5, 5.41) is 0. The zero-order valence-electron chi connectivity index (χ0n) is 11.0. The molecule has 0 radical (unpaired) electrons. The van der Waals surface area contributed by atoms with Gasteiger partial charge in [-0.1, -0.05) is 0 Å². The van der Waals surface area contributed by atoms with Gasteiger partial charge in [0.15, 0.2) is 0 Å². The molecule has 1 aromatic rings. The number of hydrogen-bond acceptors (Lipinski definition) is 4. The monoisotopic (exact) mass is 248 g/mol. The van der Waals surface area contributed by atoms with E-state index >= 15 is 0 Å². The molecule has 0 unspecified atom stereocenters. The first-order valence-electron chi connectivity index (χ1n) is 6.26. The first-order chi connectivity index (χ1) is 8.61. The molecule has 5 heteroatoms. The minimum atomic E-state index is 0.150. The number of rotatable bonds is 2. The molecule has 1 fully saturated rings. The standard InChI is InChI=1S/C13H20N4O/c1-10-6-11(7-14)8-15-13(10)17-5-3-4-16(2)12(18)9-17/h6,8H,3-5,7,9,14H2,1-2H3. The normalized spacial score (nSPS) is 16.9. The second kappa shape index (κ2) is 5.35. The molecular formula is C13H20N4O. The fourth-order valence-corrected chi connectivity index (χ4v) is 2.24. The molecule has 2 rings (SSSR count). The van der Waals surface area contributed by atoms with Crippen LogP contribution in [0.1, 0.15) is 17.5 Å². The highest BCUT2D eigenvalue weighted by molar-refractivity contribution is 5.81. The minimum Gasteiger partial charge on any atom is -0.347 e. The third kappa shape index (κ3) is 2.61. The van der Waals surface area contributed by atoms with E-state index in [-0.39, 0.29) is 5.91 Å². The van der Waals surface area contributed by atoms with Crippen molar-refractivity contribution in [2.45, 2.75) is 19.9 Å². The van der Waals surface area contributed by atoms with E-state index in [0.29, 0.717) is 13.1 Å². The second-order valence-corrected chi connectivity index (χ2v) is 4.78. The number of likely N-dealkylation sites (N-methyl/N-ethyl adjacent to an activating group) is 1. The van der Waals surface area contributed by atoms with Gasteiger partial charge in [0.1, 0.15) is 5.82 Å². The van der Waals surface area contributed by atoms with Crippen molar-refractivity contribution >= 4 is 11.7 Å². The predicted octanol–water partition coefficient (Wildman–Crippen LogP) is 0.517. The lowest BCUT2D eigenvalue weighted by atomic mass is 10.2. The molecule has 0 spiro atoms. The van der Waals surface area contributed by atoms with Crippen molar-refractivity contribution in [3.63, 3.8) is 0 Å². The van der Waals surface area contributed by atoms with E-state index in [1.54, 1.807) is 11.1 Å². The Kier molecular flexibility index (Phi) is 3.81. The number of carbonyl (C=O) groups is 1. The van der Waals surface area contributed by atoms with Gasteiger partial charge in [-0.25, -0.2) is 4.98 Å². The summed E-state index contributed by atoms with van der Waals surface area (Å²) in [6.45, 7) is 4.60. The van der Waals surface area contributed by atoms with Crippen LogP contribution in [-0.2, 0) is 11.3 Å². The first-order valence-corrected chi connectivity index (χ1v) is 6.26. The number of carbonyl (C=O) groups excluding carboxylic acids is 1. The Balaban J connectivity index is 2.22. The molecule has 1 aliphatic rings. The number of hydrogen-bond donors (Lipinski definition) is 1. The smallest absolute Gasteiger partial charge is 0.241 e. The van der Waals surface area contributed by atoms with Crippen LogP contribution >= 0.6 is 0 Å². The van der Waals surface area contributed by atoms with E-state index in [0.717, 1.165) is 36.5 Å². The molecule has 1 saturated heterocycles. The van der Waals surface area contributed by atoms with Gasteiger partial charge < -0.3 is 15.5 Å². The van der Waals surface area contributed by atoms with Gasteiger partial charge in [0.2, 0.25) is 5.91 Å². The highest BCUT2D eigenvalue weighted by Gasteiger charge is 2.20. The van der Waals surface area contributed by atoms with Gasteiger partial charge >= 0.3 is 0 Å². The molecule has 0 saturated carbocycles. The Morgan fingerprint density at radius 2 is 2.22 bits per heavy atom. The molecular weight excluding hydrogens is 228 g/mol. The Morgan fingerprint density at radius 1 is 1.44 bits per heavy atom. The van der Waals surface area contributed by atoms with E-state index in [9.17, 15) is 4.79 Å². The van der Waals surface area contributed by atoms with Crippen molar-refractivity contribution in [2.24, 2.45) is 5.73 Å². The molecule has 2 heterocycles. The van der Waals surface area contributed by atoms with Gasteiger partial charge in [0.25, 0.3) is 0 Å². The zero-order valence-corrected chi connectivity index (χ0v) is 11.0. The average Bonchev–Trinajstić information content (AvgIpc) is 2.52. The Labute approximate surface area is 108 Å². The van der Waals surface area contributed by atoms with Crippen molar-refractivity contribution in [1.82, 2.24) is 9.88 Å². The Bertz CT molecular complexity index is 447. The summed E-state index contributed by atoms with van der Waals surface area (Å²) in [5.41, 5.74) is 7.70. The van der Waals surface area contributed by atoms with Crippen LogP contribution in [0.4, 0.5) is 5.82 Å². The molecule has 0 bridgehead atoms. The van der Waals surface area contributed by atoms with E-state index in [1.807, 2.05) is 20.0 Å². The topological polar surface area (TPSA) is 62.5 Å². The summed E-state index contributed by atoms with van der Waals surface area (Å²) in [7, 11) is 1.85. The molecule has 1 amide bonds. The van der Waals surface area contributed by atoms with E-state index in [2.05, 4.69) is 9.88 Å². The van der Waals surface area contributed by atoms with Crippen LogP contribution in [0.5, 0.6) is 0 Å². The van der Waals surface area contributed by atoms with Crippen LogP contribution in [0.3, 0.4) is 0 Å². The third-order valence-electron chi connectivity index (χ3n) is 3.32. The summed E-state index contributed by atoms with van der Waals surface area (Å²) in [6.07, 6.45) is 2.77. The summed E-state index contributed by atoms with van der Waals surface area (Å²) in [4.78, 5) is 20.2. The lowest BCUT2D eigenvalue weighted by molar-refractivity contribution is -0.127. The van der Waals surface area contributed by atoms with Crippen molar-refractivity contribution in [1.29, 1.82) is 0 Å². The lowest BCUT2D eigenvalue weighted by Crippen LogP contribution is -2.35. The number of pyridine rings is 1. The van der Waals surface area contributed by atoms with Crippen LogP contribution in [0, 0.1) is 6.92 Å². The number of nitrogens with zero attached hydrogens (tertiary/aromatic N) is 3. The maximum atomic E-state index is 11.9. The fraction of sp³-hybridized carbons (Fsp3) is 0.538. The molecule has 98 valence electrons. The molecule has 0 aliphatic carbocycles. The number of aromatic nitrogens is 1.